The number of hydrogen-bond acceptors (Lipinski definition) is 3. The zero-order valence-electron chi connectivity index (χ0n) is 14.9. The van der Waals surface area contributed by atoms with Gasteiger partial charge in [-0.1, -0.05) is 68.9 Å². The van der Waals surface area contributed by atoms with Crippen molar-refractivity contribution >= 4 is 56.4 Å². The minimum absolute atomic E-state index is 0.00726. The van der Waals surface area contributed by atoms with Crippen molar-refractivity contribution in [3.8, 4) is 5.75 Å². The summed E-state index contributed by atoms with van der Waals surface area (Å²) in [7, 11) is 0. The smallest absolute Gasteiger partial charge is 0.215 e. The molecule has 2 aliphatic heterocycles. The summed E-state index contributed by atoms with van der Waals surface area (Å²) in [6, 6.07) is 19.3. The molecule has 0 bridgehead atoms. The summed E-state index contributed by atoms with van der Waals surface area (Å²) in [5.74, 6) is 0.791. The van der Waals surface area contributed by atoms with Crippen LogP contribution in [0.15, 0.2) is 70.2 Å². The van der Waals surface area contributed by atoms with Crippen molar-refractivity contribution in [1.82, 2.24) is 5.01 Å². The second-order valence-corrected chi connectivity index (χ2v) is 9.17. The minimum Gasteiger partial charge on any atom is -0.464 e. The fourth-order valence-electron chi connectivity index (χ4n) is 3.78. The number of rotatable bonds is 2. The molecule has 0 amide bonds. The zero-order valence-corrected chi connectivity index (χ0v) is 18.8. The van der Waals surface area contributed by atoms with Crippen LogP contribution in [-0.2, 0) is 0 Å². The maximum atomic E-state index is 6.51. The summed E-state index contributed by atoms with van der Waals surface area (Å²) in [6.45, 7) is 0. The zero-order chi connectivity index (χ0) is 20.1. The summed E-state index contributed by atoms with van der Waals surface area (Å²) >= 11 is 22.4. The highest BCUT2D eigenvalue weighted by atomic mass is 79.9. The maximum Gasteiger partial charge on any atom is 0.215 e. The molecule has 3 aromatic carbocycles. The lowest BCUT2D eigenvalue weighted by atomic mass is 9.96. The Hall–Kier alpha value is -1.72. The van der Waals surface area contributed by atoms with E-state index in [1.54, 1.807) is 6.07 Å². The highest BCUT2D eigenvalue weighted by molar-refractivity contribution is 9.10. The average molecular weight is 509 g/mol. The van der Waals surface area contributed by atoms with E-state index in [0.29, 0.717) is 15.1 Å². The van der Waals surface area contributed by atoms with E-state index >= 15 is 0 Å². The highest BCUT2D eigenvalue weighted by Gasteiger charge is 2.41. The van der Waals surface area contributed by atoms with Crippen LogP contribution in [0, 0.1) is 0 Å². The Bertz CT molecular complexity index is 1130. The third-order valence-corrected chi connectivity index (χ3v) is 6.48. The fraction of sp³-hybridized carbons (Fsp3) is 0.136. The summed E-state index contributed by atoms with van der Waals surface area (Å²) in [6.07, 6.45) is 0.298. The van der Waals surface area contributed by atoms with Crippen molar-refractivity contribution < 1.29 is 4.74 Å². The van der Waals surface area contributed by atoms with Gasteiger partial charge in [0.25, 0.3) is 0 Å². The van der Waals surface area contributed by atoms with Gasteiger partial charge in [-0.15, -0.1) is 0 Å². The van der Waals surface area contributed by atoms with Gasteiger partial charge in [0, 0.05) is 32.1 Å². The van der Waals surface area contributed by atoms with Gasteiger partial charge in [0.15, 0.2) is 0 Å². The lowest BCUT2D eigenvalue weighted by molar-refractivity contribution is -0.0189. The van der Waals surface area contributed by atoms with Crippen molar-refractivity contribution in [3.63, 3.8) is 0 Å². The van der Waals surface area contributed by atoms with Gasteiger partial charge in [-0.05, 0) is 48.0 Å². The Balaban J connectivity index is 1.62. The molecule has 0 fully saturated rings. The van der Waals surface area contributed by atoms with Gasteiger partial charge in [-0.2, -0.15) is 5.10 Å². The van der Waals surface area contributed by atoms with E-state index in [-0.39, 0.29) is 6.04 Å². The van der Waals surface area contributed by atoms with Crippen LogP contribution < -0.4 is 4.74 Å². The van der Waals surface area contributed by atoms with Crippen LogP contribution in [0.3, 0.4) is 0 Å². The summed E-state index contributed by atoms with van der Waals surface area (Å²) in [4.78, 5) is 0. The van der Waals surface area contributed by atoms with E-state index in [2.05, 4.69) is 28.1 Å². The number of hydrazone groups is 1. The first-order chi connectivity index (χ1) is 14.0. The van der Waals surface area contributed by atoms with E-state index in [1.807, 2.05) is 47.5 Å². The average Bonchev–Trinajstić information content (AvgIpc) is 3.14. The predicted octanol–water partition coefficient (Wildman–Crippen LogP) is 7.65. The molecule has 0 radical (unpaired) electrons. The number of hydrogen-bond donors (Lipinski definition) is 0. The Kier molecular flexibility index (Phi) is 4.99. The van der Waals surface area contributed by atoms with Crippen LogP contribution >= 0.6 is 50.7 Å². The van der Waals surface area contributed by atoms with Crippen LogP contribution in [0.5, 0.6) is 5.75 Å². The SMILES string of the molecule is Clc1ccc([C@H]2Oc3ccc(Cl)cc3[C@H]3CC(c4ccc(Br)cc4)=NN32)c(Cl)c1. The third kappa shape index (κ3) is 3.53. The molecule has 0 unspecified atom stereocenters. The van der Waals surface area contributed by atoms with Crippen molar-refractivity contribution in [3.05, 3.63) is 96.9 Å². The number of nitrogens with zero attached hydrogens (tertiary/aromatic N) is 2. The molecule has 0 saturated carbocycles. The minimum atomic E-state index is -0.452. The monoisotopic (exact) mass is 506 g/mol. The summed E-state index contributed by atoms with van der Waals surface area (Å²) < 4.78 is 7.37. The number of ether oxygens (including phenoxy) is 1. The molecule has 5 rings (SSSR count). The van der Waals surface area contributed by atoms with Gasteiger partial charge >= 0.3 is 0 Å². The first-order valence-corrected chi connectivity index (χ1v) is 10.9. The normalized spacial score (nSPS) is 20.0. The predicted molar refractivity (Wildman–Crippen MR) is 121 cm³/mol. The molecule has 3 nitrogen and oxygen atoms in total. The standard InChI is InChI=1S/C22H14BrCl3N2O/c23-13-3-1-12(2-4-13)19-11-20-17-9-14(24)6-8-21(17)29-22(28(20)27-19)16-7-5-15(25)10-18(16)26/h1-10,20,22H,11H2/t20-,22-/m1/s1. The van der Waals surface area contributed by atoms with Gasteiger partial charge in [-0.25, -0.2) is 5.01 Å². The maximum absolute atomic E-state index is 6.51. The Morgan fingerprint density at radius 3 is 2.38 bits per heavy atom. The van der Waals surface area contributed by atoms with E-state index in [1.165, 1.54) is 0 Å². The molecule has 7 heteroatoms. The molecule has 2 atom stereocenters. The van der Waals surface area contributed by atoms with Gasteiger partial charge in [0.2, 0.25) is 6.23 Å². The second kappa shape index (κ2) is 7.51. The molecule has 29 heavy (non-hydrogen) atoms. The quantitative estimate of drug-likeness (QED) is 0.355. The van der Waals surface area contributed by atoms with Crippen LogP contribution in [0.1, 0.15) is 35.4 Å². The second-order valence-electron chi connectivity index (χ2n) is 6.97. The van der Waals surface area contributed by atoms with Crippen molar-refractivity contribution in [2.45, 2.75) is 18.7 Å². The number of fused-ring (bicyclic) bond motifs is 3. The Morgan fingerprint density at radius 2 is 1.62 bits per heavy atom. The van der Waals surface area contributed by atoms with Crippen LogP contribution in [0.4, 0.5) is 0 Å². The van der Waals surface area contributed by atoms with Crippen LogP contribution in [0.25, 0.3) is 0 Å². The first-order valence-electron chi connectivity index (χ1n) is 9.02. The fourth-order valence-corrected chi connectivity index (χ4v) is 4.73. The van der Waals surface area contributed by atoms with Crippen molar-refractivity contribution in [2.75, 3.05) is 0 Å². The molecule has 0 spiro atoms. The summed E-state index contributed by atoms with van der Waals surface area (Å²) in [5.41, 5.74) is 3.92. The van der Waals surface area contributed by atoms with Crippen LogP contribution in [-0.4, -0.2) is 10.7 Å². The molecule has 2 heterocycles. The molecule has 2 aliphatic rings. The third-order valence-electron chi connectivity index (χ3n) is 5.16. The Labute approximate surface area is 192 Å². The number of benzene rings is 3. The largest absolute Gasteiger partial charge is 0.464 e. The van der Waals surface area contributed by atoms with E-state index in [0.717, 1.165) is 39.0 Å². The Morgan fingerprint density at radius 1 is 0.897 bits per heavy atom. The van der Waals surface area contributed by atoms with E-state index in [9.17, 15) is 0 Å². The van der Waals surface area contributed by atoms with Gasteiger partial charge < -0.3 is 4.74 Å². The molecular weight excluding hydrogens is 495 g/mol. The van der Waals surface area contributed by atoms with E-state index in [4.69, 9.17) is 44.6 Å². The van der Waals surface area contributed by atoms with Gasteiger partial charge in [0.1, 0.15) is 5.75 Å². The molecule has 0 aromatic heterocycles. The molecule has 0 aliphatic carbocycles. The first kappa shape index (κ1) is 19.3. The molecule has 3 aromatic rings. The van der Waals surface area contributed by atoms with Gasteiger partial charge in [-0.3, -0.25) is 0 Å². The van der Waals surface area contributed by atoms with Crippen molar-refractivity contribution in [1.29, 1.82) is 0 Å². The van der Waals surface area contributed by atoms with Gasteiger partial charge in [0.05, 0.1) is 16.8 Å². The van der Waals surface area contributed by atoms with Crippen molar-refractivity contribution in [2.24, 2.45) is 5.10 Å². The highest BCUT2D eigenvalue weighted by Crippen LogP contribution is 2.49. The molecule has 0 saturated heterocycles. The lowest BCUT2D eigenvalue weighted by Gasteiger charge is -2.38. The number of halogens is 4. The summed E-state index contributed by atoms with van der Waals surface area (Å²) in [5, 5.41) is 8.72. The lowest BCUT2D eigenvalue weighted by Crippen LogP contribution is -2.33. The molecular formula is C22H14BrCl3N2O. The molecule has 0 N–H and O–H groups in total. The van der Waals surface area contributed by atoms with E-state index < -0.39 is 6.23 Å². The topological polar surface area (TPSA) is 24.8 Å². The van der Waals surface area contributed by atoms with Crippen LogP contribution in [0.2, 0.25) is 15.1 Å². The molecule has 146 valence electrons.